The standard InChI is InChI=1S/C27H38INO4/c1-4-5-6-7-12-23-19-22(28)17-16-21(3)24(30)13-10-14-25(31)26(32)18-20(2)11-8-9-15-27(33)29-23/h6-11,14-16,18,22-23,25-26,31-32H,4-5,12-13,17,19H2,1-3H3,(H,29,33)/b7-6+,11-8+,14-10-,15-9+,20-18-,21-16+. The van der Waals surface area contributed by atoms with Crippen molar-refractivity contribution in [3.05, 3.63) is 71.9 Å². The van der Waals surface area contributed by atoms with E-state index in [4.69, 9.17) is 0 Å². The van der Waals surface area contributed by atoms with E-state index in [2.05, 4.69) is 47.0 Å². The fraction of sp³-hybridized carbons (Fsp3) is 0.481. The zero-order valence-electron chi connectivity index (χ0n) is 19.9. The van der Waals surface area contributed by atoms with Crippen LogP contribution in [-0.4, -0.2) is 44.1 Å². The lowest BCUT2D eigenvalue weighted by Crippen LogP contribution is -2.35. The minimum atomic E-state index is -1.10. The number of aliphatic hydroxyl groups is 2. The molecule has 0 saturated carbocycles. The monoisotopic (exact) mass is 567 g/mol. The molecule has 6 heteroatoms. The summed E-state index contributed by atoms with van der Waals surface area (Å²) in [6.45, 7) is 5.73. The summed E-state index contributed by atoms with van der Waals surface area (Å²) in [5.41, 5.74) is 1.42. The van der Waals surface area contributed by atoms with E-state index in [9.17, 15) is 19.8 Å². The van der Waals surface area contributed by atoms with Crippen LogP contribution < -0.4 is 5.32 Å². The lowest BCUT2D eigenvalue weighted by molar-refractivity contribution is -0.117. The summed E-state index contributed by atoms with van der Waals surface area (Å²) in [7, 11) is 0. The predicted molar refractivity (Wildman–Crippen MR) is 144 cm³/mol. The van der Waals surface area contributed by atoms with E-state index in [1.165, 1.54) is 18.2 Å². The van der Waals surface area contributed by atoms with Crippen LogP contribution in [0.15, 0.2) is 71.9 Å². The molecule has 0 fully saturated rings. The van der Waals surface area contributed by atoms with Gasteiger partial charge in [0, 0.05) is 22.5 Å². The van der Waals surface area contributed by atoms with Crippen LogP contribution in [0, 0.1) is 0 Å². The van der Waals surface area contributed by atoms with Gasteiger partial charge in [0.2, 0.25) is 5.91 Å². The first-order chi connectivity index (χ1) is 15.7. The number of hydrogen-bond acceptors (Lipinski definition) is 4. The Balaban J connectivity index is 3.06. The van der Waals surface area contributed by atoms with Gasteiger partial charge in [-0.25, -0.2) is 0 Å². The number of alkyl halides is 1. The molecule has 0 aliphatic carbocycles. The van der Waals surface area contributed by atoms with E-state index in [1.807, 2.05) is 6.08 Å². The lowest BCUT2D eigenvalue weighted by atomic mass is 10.0. The molecule has 0 aromatic carbocycles. The zero-order valence-corrected chi connectivity index (χ0v) is 22.1. The molecule has 0 radical (unpaired) electrons. The van der Waals surface area contributed by atoms with Crippen molar-refractivity contribution in [2.75, 3.05) is 0 Å². The molecule has 4 atom stereocenters. The van der Waals surface area contributed by atoms with Crippen LogP contribution in [0.1, 0.15) is 59.3 Å². The van der Waals surface area contributed by atoms with E-state index in [1.54, 1.807) is 38.2 Å². The van der Waals surface area contributed by atoms with Gasteiger partial charge >= 0.3 is 0 Å². The largest absolute Gasteiger partial charge is 0.386 e. The molecule has 0 saturated heterocycles. The summed E-state index contributed by atoms with van der Waals surface area (Å²) in [5.74, 6) is -0.172. The quantitative estimate of drug-likeness (QED) is 0.252. The number of carbonyl (C=O) groups is 2. The van der Waals surface area contributed by atoms with Crippen LogP contribution in [-0.2, 0) is 9.59 Å². The first-order valence-electron chi connectivity index (χ1n) is 11.6. The van der Waals surface area contributed by atoms with E-state index in [0.29, 0.717) is 5.57 Å². The minimum absolute atomic E-state index is 0.0114. The molecule has 1 aliphatic heterocycles. The summed E-state index contributed by atoms with van der Waals surface area (Å²) in [4.78, 5) is 24.8. The third-order valence-corrected chi connectivity index (χ3v) is 6.20. The molecule has 1 heterocycles. The highest BCUT2D eigenvalue weighted by molar-refractivity contribution is 14.1. The van der Waals surface area contributed by atoms with Gasteiger partial charge < -0.3 is 15.5 Å². The van der Waals surface area contributed by atoms with Crippen molar-refractivity contribution in [3.8, 4) is 0 Å². The van der Waals surface area contributed by atoms with Crippen molar-refractivity contribution < 1.29 is 19.8 Å². The van der Waals surface area contributed by atoms with Gasteiger partial charge in [-0.3, -0.25) is 9.59 Å². The van der Waals surface area contributed by atoms with Crippen LogP contribution in [0.5, 0.6) is 0 Å². The SMILES string of the molecule is CCC/C=C/CC1CC(I)C/C=C(\C)C(=O)C/C=C\C(O)C(O)\C=C(C)/C=C/C=C/C(=O)N1. The van der Waals surface area contributed by atoms with Crippen molar-refractivity contribution in [2.45, 2.75) is 81.5 Å². The maximum Gasteiger partial charge on any atom is 0.244 e. The number of carbonyl (C=O) groups excluding carboxylic acids is 2. The van der Waals surface area contributed by atoms with Crippen LogP contribution in [0.4, 0.5) is 0 Å². The Bertz CT molecular complexity index is 807. The molecule has 4 unspecified atom stereocenters. The van der Waals surface area contributed by atoms with Gasteiger partial charge in [-0.2, -0.15) is 0 Å². The fourth-order valence-electron chi connectivity index (χ4n) is 3.19. The van der Waals surface area contributed by atoms with E-state index in [-0.39, 0.29) is 28.1 Å². The number of halogens is 1. The van der Waals surface area contributed by atoms with Gasteiger partial charge in [0.05, 0.1) is 0 Å². The van der Waals surface area contributed by atoms with Crippen molar-refractivity contribution in [1.29, 1.82) is 0 Å². The topological polar surface area (TPSA) is 86.6 Å². The summed E-state index contributed by atoms with van der Waals surface area (Å²) < 4.78 is 0.269. The highest BCUT2D eigenvalue weighted by Crippen LogP contribution is 2.18. The van der Waals surface area contributed by atoms with E-state index >= 15 is 0 Å². The normalized spacial score (nSPS) is 32.8. The van der Waals surface area contributed by atoms with Crippen molar-refractivity contribution >= 4 is 34.3 Å². The fourth-order valence-corrected chi connectivity index (χ4v) is 4.06. The molecular formula is C27H38INO4. The predicted octanol–water partition coefficient (Wildman–Crippen LogP) is 5.06. The molecular weight excluding hydrogens is 529 g/mol. The number of hydrogen-bond donors (Lipinski definition) is 3. The zero-order chi connectivity index (χ0) is 24.6. The van der Waals surface area contributed by atoms with Crippen LogP contribution >= 0.6 is 22.6 Å². The molecule has 33 heavy (non-hydrogen) atoms. The number of aliphatic hydroxyl groups excluding tert-OH is 2. The summed E-state index contributed by atoms with van der Waals surface area (Å²) in [5, 5.41) is 23.3. The molecule has 1 rings (SSSR count). The highest BCUT2D eigenvalue weighted by atomic mass is 127. The number of amides is 1. The average Bonchev–Trinajstić information content (AvgIpc) is 2.77. The van der Waals surface area contributed by atoms with Crippen LogP contribution in [0.25, 0.3) is 0 Å². The van der Waals surface area contributed by atoms with Gasteiger partial charge in [0.1, 0.15) is 12.2 Å². The van der Waals surface area contributed by atoms with Gasteiger partial charge in [-0.1, -0.05) is 96.2 Å². The van der Waals surface area contributed by atoms with Crippen molar-refractivity contribution in [3.63, 3.8) is 0 Å². The molecule has 0 bridgehead atoms. The maximum atomic E-state index is 12.4. The minimum Gasteiger partial charge on any atom is -0.386 e. The Labute approximate surface area is 212 Å². The van der Waals surface area contributed by atoms with Gasteiger partial charge in [0.25, 0.3) is 0 Å². The molecule has 0 spiro atoms. The van der Waals surface area contributed by atoms with Crippen LogP contribution in [0.3, 0.4) is 0 Å². The first kappa shape index (κ1) is 29.3. The third kappa shape index (κ3) is 13.5. The smallest absolute Gasteiger partial charge is 0.244 e. The number of ketones is 1. The van der Waals surface area contributed by atoms with E-state index in [0.717, 1.165) is 37.7 Å². The Kier molecular flexibility index (Phi) is 14.9. The second-order valence-electron chi connectivity index (χ2n) is 8.32. The Morgan fingerprint density at radius 3 is 2.58 bits per heavy atom. The molecule has 182 valence electrons. The summed E-state index contributed by atoms with van der Waals surface area (Å²) in [6, 6.07) is 0.0114. The Morgan fingerprint density at radius 2 is 1.85 bits per heavy atom. The Morgan fingerprint density at radius 1 is 1.12 bits per heavy atom. The molecule has 0 aromatic heterocycles. The third-order valence-electron chi connectivity index (χ3n) is 5.19. The second-order valence-corrected chi connectivity index (χ2v) is 10.1. The lowest BCUT2D eigenvalue weighted by Gasteiger charge is -2.19. The number of nitrogens with one attached hydrogen (secondary N) is 1. The number of rotatable bonds is 4. The van der Waals surface area contributed by atoms with Crippen LogP contribution in [0.2, 0.25) is 0 Å². The molecule has 0 aromatic rings. The number of allylic oxidation sites excluding steroid dienone is 8. The van der Waals surface area contributed by atoms with Crippen molar-refractivity contribution in [2.24, 2.45) is 0 Å². The number of unbranched alkanes of at least 4 members (excludes halogenated alkanes) is 1. The maximum absolute atomic E-state index is 12.4. The molecule has 5 nitrogen and oxygen atoms in total. The second kappa shape index (κ2) is 16.8. The molecule has 3 N–H and O–H groups in total. The summed E-state index contributed by atoms with van der Waals surface area (Å²) >= 11 is 2.38. The number of Topliss-reactive ketones (excluding diaryl/α,β-unsaturated/α-hetero) is 1. The van der Waals surface area contributed by atoms with Gasteiger partial charge in [-0.05, 0) is 45.1 Å². The Hall–Kier alpha value is -1.77. The average molecular weight is 568 g/mol. The first-order valence-corrected chi connectivity index (χ1v) is 12.8. The van der Waals surface area contributed by atoms with Gasteiger partial charge in [-0.15, -0.1) is 0 Å². The van der Waals surface area contributed by atoms with Crippen molar-refractivity contribution in [1.82, 2.24) is 5.32 Å². The highest BCUT2D eigenvalue weighted by Gasteiger charge is 2.15. The summed E-state index contributed by atoms with van der Waals surface area (Å²) in [6.07, 6.45) is 19.8. The van der Waals surface area contributed by atoms with Gasteiger partial charge in [0.15, 0.2) is 5.78 Å². The van der Waals surface area contributed by atoms with E-state index < -0.39 is 12.2 Å². The molecule has 1 amide bonds. The molecule has 1 aliphatic rings.